The monoisotopic (exact) mass is 348 g/mol. The van der Waals surface area contributed by atoms with Gasteiger partial charge in [-0.25, -0.2) is 0 Å². The fraction of sp³-hybridized carbons (Fsp3) is 0.471. The first-order valence-electron chi connectivity index (χ1n) is 7.87. The molecular weight excluding hydrogens is 328 g/mol. The first-order chi connectivity index (χ1) is 11.7. The molecule has 2 aliphatic carbocycles. The number of amides is 1. The van der Waals surface area contributed by atoms with Gasteiger partial charge in [0, 0.05) is 17.0 Å². The Kier molecular flexibility index (Phi) is 3.75. The Labute approximate surface area is 144 Å². The molecule has 0 aromatic heterocycles. The lowest BCUT2D eigenvalue weighted by molar-refractivity contribution is -0.148. The number of nitrogens with one attached hydrogen (secondary N) is 1. The lowest BCUT2D eigenvalue weighted by Gasteiger charge is -2.29. The number of carboxylic acid groups (broad SMARTS) is 2. The highest BCUT2D eigenvalue weighted by atomic mass is 16.5. The average Bonchev–Trinajstić information content (AvgIpc) is 3.12. The predicted octanol–water partition coefficient (Wildman–Crippen LogP) is 0.773. The number of aliphatic carboxylic acids is 2. The molecule has 2 saturated carbocycles. The smallest absolute Gasteiger partial charge is 0.324 e. The minimum absolute atomic E-state index is 0.0880. The molecule has 2 fully saturated rings. The van der Waals surface area contributed by atoms with Crippen LogP contribution in [-0.4, -0.2) is 40.7 Å². The van der Waals surface area contributed by atoms with Crippen molar-refractivity contribution < 1.29 is 29.3 Å². The molecule has 5 unspecified atom stereocenters. The van der Waals surface area contributed by atoms with Crippen molar-refractivity contribution in [3.05, 3.63) is 24.3 Å². The molecule has 25 heavy (non-hydrogen) atoms. The first kappa shape index (κ1) is 17.2. The number of rotatable bonds is 5. The summed E-state index contributed by atoms with van der Waals surface area (Å²) in [5.74, 6) is -4.48. The van der Waals surface area contributed by atoms with Crippen LogP contribution in [0.3, 0.4) is 0 Å². The molecule has 1 aromatic carbocycles. The second kappa shape index (κ2) is 5.45. The molecular formula is C17H20N2O6. The third kappa shape index (κ3) is 2.28. The molecule has 0 saturated heterocycles. The number of carbonyl (C=O) groups excluding carboxylic acids is 1. The van der Waals surface area contributed by atoms with E-state index in [0.29, 0.717) is 11.4 Å². The van der Waals surface area contributed by atoms with E-state index in [1.807, 2.05) is 0 Å². The lowest BCUT2D eigenvalue weighted by Crippen LogP contribution is -2.55. The second-order valence-electron chi connectivity index (χ2n) is 6.93. The molecule has 0 spiro atoms. The Morgan fingerprint density at radius 1 is 1.24 bits per heavy atom. The normalized spacial score (nSPS) is 35.6. The first-order valence-corrected chi connectivity index (χ1v) is 7.87. The standard InChI is InChI=1S/C17H20N2O6/c1-16-11(12(16)14(21)22)10(7-17(16,18)15(23)24)13(20)19-8-3-5-9(25-2)6-4-8/h3-6,10-12H,7,18H2,1-2H3,(H,19,20)(H,21,22)(H,23,24). The summed E-state index contributed by atoms with van der Waals surface area (Å²) in [7, 11) is 1.53. The van der Waals surface area contributed by atoms with E-state index >= 15 is 0 Å². The molecule has 5 atom stereocenters. The molecule has 0 radical (unpaired) electrons. The molecule has 2 aliphatic rings. The molecule has 3 rings (SSSR count). The number of benzene rings is 1. The van der Waals surface area contributed by atoms with Gasteiger partial charge in [0.15, 0.2) is 0 Å². The number of anilines is 1. The van der Waals surface area contributed by atoms with Gasteiger partial charge >= 0.3 is 11.9 Å². The number of carbonyl (C=O) groups is 3. The van der Waals surface area contributed by atoms with Gasteiger partial charge in [0.05, 0.1) is 13.0 Å². The number of ether oxygens (including phenoxy) is 1. The van der Waals surface area contributed by atoms with Gasteiger partial charge in [0.2, 0.25) is 5.91 Å². The van der Waals surface area contributed by atoms with Gasteiger partial charge in [-0.2, -0.15) is 0 Å². The average molecular weight is 348 g/mol. The van der Waals surface area contributed by atoms with Crippen LogP contribution in [0.1, 0.15) is 13.3 Å². The summed E-state index contributed by atoms with van der Waals surface area (Å²) in [5.41, 5.74) is 3.70. The van der Waals surface area contributed by atoms with Crippen LogP contribution in [0.4, 0.5) is 5.69 Å². The van der Waals surface area contributed by atoms with Crippen LogP contribution in [0.25, 0.3) is 0 Å². The summed E-state index contributed by atoms with van der Waals surface area (Å²) in [6.07, 6.45) is -0.0880. The number of fused-ring (bicyclic) bond motifs is 1. The van der Waals surface area contributed by atoms with Crippen molar-refractivity contribution in [3.63, 3.8) is 0 Å². The van der Waals surface area contributed by atoms with Crippen molar-refractivity contribution in [2.75, 3.05) is 12.4 Å². The fourth-order valence-electron chi connectivity index (χ4n) is 4.36. The van der Waals surface area contributed by atoms with Gasteiger partial charge in [-0.15, -0.1) is 0 Å². The van der Waals surface area contributed by atoms with E-state index in [1.54, 1.807) is 31.2 Å². The second-order valence-corrected chi connectivity index (χ2v) is 6.93. The quantitative estimate of drug-likeness (QED) is 0.616. The SMILES string of the molecule is COc1ccc(NC(=O)C2CC(N)(C(=O)O)C3(C)C(C(=O)O)C23)cc1. The molecule has 0 aliphatic heterocycles. The highest BCUT2D eigenvalue weighted by Crippen LogP contribution is 2.73. The highest BCUT2D eigenvalue weighted by Gasteiger charge is 2.83. The van der Waals surface area contributed by atoms with Crippen LogP contribution in [0, 0.1) is 23.2 Å². The van der Waals surface area contributed by atoms with Gasteiger partial charge in [0.1, 0.15) is 11.3 Å². The van der Waals surface area contributed by atoms with E-state index in [9.17, 15) is 24.6 Å². The number of carboxylic acids is 2. The van der Waals surface area contributed by atoms with E-state index < -0.39 is 46.6 Å². The molecule has 1 aromatic rings. The van der Waals surface area contributed by atoms with Gasteiger partial charge in [-0.3, -0.25) is 14.4 Å². The summed E-state index contributed by atoms with van der Waals surface area (Å²) in [6, 6.07) is 6.66. The molecule has 0 heterocycles. The van der Waals surface area contributed by atoms with Crippen molar-refractivity contribution in [3.8, 4) is 5.75 Å². The predicted molar refractivity (Wildman–Crippen MR) is 87.0 cm³/mol. The molecule has 8 nitrogen and oxygen atoms in total. The van der Waals surface area contributed by atoms with E-state index in [1.165, 1.54) is 7.11 Å². The lowest BCUT2D eigenvalue weighted by atomic mass is 9.80. The largest absolute Gasteiger partial charge is 0.497 e. The third-order valence-electron chi connectivity index (χ3n) is 5.87. The van der Waals surface area contributed by atoms with Gasteiger partial charge in [0.25, 0.3) is 0 Å². The Hall–Kier alpha value is -2.61. The number of hydrogen-bond donors (Lipinski definition) is 4. The van der Waals surface area contributed by atoms with Crippen LogP contribution in [0.5, 0.6) is 5.75 Å². The highest BCUT2D eigenvalue weighted by molar-refractivity contribution is 5.97. The minimum atomic E-state index is -1.73. The molecule has 5 N–H and O–H groups in total. The Morgan fingerprint density at radius 3 is 2.32 bits per heavy atom. The van der Waals surface area contributed by atoms with E-state index in [-0.39, 0.29) is 6.42 Å². The van der Waals surface area contributed by atoms with Gasteiger partial charge < -0.3 is 26.0 Å². The molecule has 134 valence electrons. The summed E-state index contributed by atoms with van der Waals surface area (Å²) >= 11 is 0. The third-order valence-corrected chi connectivity index (χ3v) is 5.87. The minimum Gasteiger partial charge on any atom is -0.497 e. The Morgan fingerprint density at radius 2 is 1.84 bits per heavy atom. The maximum atomic E-state index is 12.6. The van der Waals surface area contributed by atoms with Gasteiger partial charge in [-0.05, 0) is 36.6 Å². The summed E-state index contributed by atoms with van der Waals surface area (Å²) in [6.45, 7) is 1.55. The zero-order chi connectivity index (χ0) is 18.6. The zero-order valence-electron chi connectivity index (χ0n) is 13.9. The van der Waals surface area contributed by atoms with Crippen molar-refractivity contribution in [1.82, 2.24) is 0 Å². The number of hydrogen-bond acceptors (Lipinski definition) is 5. The number of nitrogens with two attached hydrogens (primary N) is 1. The summed E-state index contributed by atoms with van der Waals surface area (Å²) in [5, 5.41) is 21.6. The van der Waals surface area contributed by atoms with E-state index in [4.69, 9.17) is 10.5 Å². The fourth-order valence-corrected chi connectivity index (χ4v) is 4.36. The number of methoxy groups -OCH3 is 1. The van der Waals surface area contributed by atoms with Crippen molar-refractivity contribution in [1.29, 1.82) is 0 Å². The summed E-state index contributed by atoms with van der Waals surface area (Å²) < 4.78 is 5.05. The zero-order valence-corrected chi connectivity index (χ0v) is 13.9. The van der Waals surface area contributed by atoms with E-state index in [0.717, 1.165) is 0 Å². The maximum absolute atomic E-state index is 12.6. The maximum Gasteiger partial charge on any atom is 0.324 e. The van der Waals surface area contributed by atoms with Crippen molar-refractivity contribution >= 4 is 23.5 Å². The van der Waals surface area contributed by atoms with Gasteiger partial charge in [-0.1, -0.05) is 6.92 Å². The molecule has 8 heteroatoms. The summed E-state index contributed by atoms with van der Waals surface area (Å²) in [4.78, 5) is 35.8. The Balaban J connectivity index is 1.83. The van der Waals surface area contributed by atoms with Crippen molar-refractivity contribution in [2.24, 2.45) is 28.9 Å². The van der Waals surface area contributed by atoms with Crippen LogP contribution >= 0.6 is 0 Å². The topological polar surface area (TPSA) is 139 Å². The van der Waals surface area contributed by atoms with Crippen LogP contribution in [0.15, 0.2) is 24.3 Å². The van der Waals surface area contributed by atoms with Crippen LogP contribution in [-0.2, 0) is 14.4 Å². The van der Waals surface area contributed by atoms with Crippen LogP contribution in [0.2, 0.25) is 0 Å². The van der Waals surface area contributed by atoms with Crippen LogP contribution < -0.4 is 15.8 Å². The van der Waals surface area contributed by atoms with E-state index in [2.05, 4.69) is 5.32 Å². The Bertz CT molecular complexity index is 748. The van der Waals surface area contributed by atoms with Crippen molar-refractivity contribution in [2.45, 2.75) is 18.9 Å². The molecule has 0 bridgehead atoms. The molecule has 1 amide bonds.